The third kappa shape index (κ3) is 23.1. The molecule has 1 aliphatic rings. The summed E-state index contributed by atoms with van der Waals surface area (Å²) in [5.74, 6) is -6.51. The number of nitrogens with two attached hydrogens (primary N) is 4. The molecule has 390 valence electrons. The minimum absolute atomic E-state index is 0.0233. The van der Waals surface area contributed by atoms with E-state index in [-0.39, 0.29) is 101 Å². The molecule has 1 saturated heterocycles. The topological polar surface area (TPSA) is 417 Å². The second kappa shape index (κ2) is 30.1. The summed E-state index contributed by atoms with van der Waals surface area (Å²) in [6.45, 7) is 3.53. The minimum atomic E-state index is -1.45. The SMILES string of the molecule is CC1(C)CNC(=O)CC[C@H](C(=O)N[C@@H](CCCNC(=N)N)C(=O)N[C@@H](CCCNC(=N)N)C(N)=O)NC(=O)[C@H](CCc2ccccc2)NC(=O)CNC(=O)[C@@H](NC(=O)[C@@H](N)Cc2ccc(O)cc2)CSS1. The normalized spacial score (nSPS) is 19.4. The number of phenolic OH excluding ortho intramolecular Hbond substituents is 1. The van der Waals surface area contributed by atoms with Crippen molar-refractivity contribution in [3.63, 3.8) is 0 Å². The van der Waals surface area contributed by atoms with Gasteiger partial charge in [-0.05, 0) is 88.5 Å². The van der Waals surface area contributed by atoms with Gasteiger partial charge in [0.05, 0.1) is 12.6 Å². The van der Waals surface area contributed by atoms with Crippen LogP contribution in [0.3, 0.4) is 0 Å². The molecule has 24 nitrogen and oxygen atoms in total. The van der Waals surface area contributed by atoms with Crippen molar-refractivity contribution in [2.75, 3.05) is 31.9 Å². The Bertz CT molecular complexity index is 2150. The summed E-state index contributed by atoms with van der Waals surface area (Å²) in [7, 11) is 2.56. The summed E-state index contributed by atoms with van der Waals surface area (Å²) in [6, 6.07) is 7.71. The first-order chi connectivity index (χ1) is 33.6. The van der Waals surface area contributed by atoms with E-state index in [1.54, 1.807) is 24.3 Å². The number of aryl methyl sites for hydroxylation is 1. The van der Waals surface area contributed by atoms with Crippen LogP contribution in [0, 0.1) is 10.8 Å². The second-order valence-electron chi connectivity index (χ2n) is 17.4. The Labute approximate surface area is 420 Å². The number of primary amides is 1. The van der Waals surface area contributed by atoms with E-state index in [4.69, 9.17) is 33.8 Å². The molecule has 0 aromatic heterocycles. The smallest absolute Gasteiger partial charge is 0.243 e. The predicted octanol–water partition coefficient (Wildman–Crippen LogP) is -2.48. The first-order valence-electron chi connectivity index (χ1n) is 23.0. The number of phenols is 1. The number of nitrogens with one attached hydrogen (secondary N) is 11. The van der Waals surface area contributed by atoms with E-state index in [1.807, 2.05) is 32.0 Å². The van der Waals surface area contributed by atoms with Crippen LogP contribution in [0.15, 0.2) is 54.6 Å². The predicted molar refractivity (Wildman–Crippen MR) is 271 cm³/mol. The van der Waals surface area contributed by atoms with E-state index in [1.165, 1.54) is 33.7 Å². The highest BCUT2D eigenvalue weighted by atomic mass is 33.1. The van der Waals surface area contributed by atoms with Gasteiger partial charge in [0, 0.05) is 36.6 Å². The molecule has 0 aliphatic carbocycles. The molecule has 0 unspecified atom stereocenters. The van der Waals surface area contributed by atoms with E-state index in [9.17, 15) is 43.5 Å². The van der Waals surface area contributed by atoms with Crippen molar-refractivity contribution in [2.45, 2.75) is 113 Å². The van der Waals surface area contributed by atoms with Gasteiger partial charge < -0.3 is 75.9 Å². The van der Waals surface area contributed by atoms with Gasteiger partial charge >= 0.3 is 0 Å². The maximum atomic E-state index is 14.3. The van der Waals surface area contributed by atoms with Crippen LogP contribution in [-0.4, -0.2) is 137 Å². The van der Waals surface area contributed by atoms with Gasteiger partial charge in [-0.3, -0.25) is 49.2 Å². The average molecular weight is 1030 g/mol. The molecule has 20 N–H and O–H groups in total. The zero-order valence-corrected chi connectivity index (χ0v) is 41.5. The summed E-state index contributed by atoms with van der Waals surface area (Å²) in [5.41, 5.74) is 24.1. The van der Waals surface area contributed by atoms with Crippen LogP contribution in [0.1, 0.15) is 69.9 Å². The summed E-state index contributed by atoms with van der Waals surface area (Å²) in [4.78, 5) is 109. The highest BCUT2D eigenvalue weighted by molar-refractivity contribution is 8.77. The van der Waals surface area contributed by atoms with Crippen molar-refractivity contribution in [1.29, 1.82) is 10.8 Å². The average Bonchev–Trinajstić information content (AvgIpc) is 3.31. The Morgan fingerprint density at radius 1 is 0.803 bits per heavy atom. The molecule has 1 aliphatic heterocycles. The van der Waals surface area contributed by atoms with Crippen LogP contribution in [0.4, 0.5) is 0 Å². The van der Waals surface area contributed by atoms with Gasteiger partial charge in [0.15, 0.2) is 11.9 Å². The van der Waals surface area contributed by atoms with Crippen molar-refractivity contribution in [3.05, 3.63) is 65.7 Å². The summed E-state index contributed by atoms with van der Waals surface area (Å²) in [5, 5.41) is 48.3. The van der Waals surface area contributed by atoms with Crippen LogP contribution < -0.4 is 70.8 Å². The van der Waals surface area contributed by atoms with Gasteiger partial charge in [0.2, 0.25) is 47.3 Å². The third-order valence-corrected chi connectivity index (χ3v) is 14.1. The number of aromatic hydroxyl groups is 1. The molecule has 2 aromatic rings. The Kier molecular flexibility index (Phi) is 24.8. The van der Waals surface area contributed by atoms with Gasteiger partial charge in [0.1, 0.15) is 36.0 Å². The molecule has 1 heterocycles. The van der Waals surface area contributed by atoms with Gasteiger partial charge in [-0.2, -0.15) is 0 Å². The van der Waals surface area contributed by atoms with E-state index in [2.05, 4.69) is 47.9 Å². The number of amides is 8. The lowest BCUT2D eigenvalue weighted by Crippen LogP contribution is -2.58. The quantitative estimate of drug-likeness (QED) is 0.0283. The Morgan fingerprint density at radius 2 is 1.44 bits per heavy atom. The first kappa shape index (κ1) is 58.5. The van der Waals surface area contributed by atoms with Gasteiger partial charge in [0.25, 0.3) is 0 Å². The standard InChI is InChI=1S/C45H69N15O9S2/c1-45(2)25-55-35(62)19-18-33(42(69)58-31(11-7-21-53-44(50)51)40(67)57-30(37(47)64)10-6-20-52-43(48)49)59-41(68)32(17-14-26-8-4-3-5-9-26)56-36(63)23-54-39(66)34(24-70-71-45)60-38(65)29(46)22-27-12-15-28(61)16-13-27/h3-5,8-9,12-13,15-16,29-34,61H,6-7,10-11,14,17-25,46H2,1-2H3,(H2,47,64)(H,54,66)(H,55,62)(H,56,63)(H,57,67)(H,58,69)(H,59,68)(H,60,65)(H4,48,49,52)(H4,50,51,53)/t29-,30-,31-,32-,33+,34-/m0/s1. The van der Waals surface area contributed by atoms with Gasteiger partial charge in [-0.25, -0.2) is 0 Å². The molecular weight excluding hydrogens is 959 g/mol. The molecule has 0 spiro atoms. The maximum absolute atomic E-state index is 14.3. The van der Waals surface area contributed by atoms with E-state index >= 15 is 0 Å². The zero-order chi connectivity index (χ0) is 52.5. The van der Waals surface area contributed by atoms with Crippen LogP contribution in [0.25, 0.3) is 0 Å². The van der Waals surface area contributed by atoms with Crippen LogP contribution in [-0.2, 0) is 51.2 Å². The molecule has 26 heteroatoms. The zero-order valence-electron chi connectivity index (χ0n) is 39.9. The molecule has 2 aromatic carbocycles. The highest BCUT2D eigenvalue weighted by Crippen LogP contribution is 2.35. The fourth-order valence-electron chi connectivity index (χ4n) is 6.87. The van der Waals surface area contributed by atoms with Crippen molar-refractivity contribution in [3.8, 4) is 5.75 Å². The van der Waals surface area contributed by atoms with Gasteiger partial charge in [-0.15, -0.1) is 0 Å². The molecule has 0 saturated carbocycles. The van der Waals surface area contributed by atoms with Crippen molar-refractivity contribution in [1.82, 2.24) is 47.9 Å². The molecular formula is C45H69N15O9S2. The molecule has 1 fully saturated rings. The maximum Gasteiger partial charge on any atom is 0.243 e. The van der Waals surface area contributed by atoms with Gasteiger partial charge in [-0.1, -0.05) is 64.1 Å². The Hall–Kier alpha value is -6.80. The summed E-state index contributed by atoms with van der Waals surface area (Å²) in [6.07, 6.45) is 0.369. The number of hydrogen-bond donors (Lipinski definition) is 16. The highest BCUT2D eigenvalue weighted by Gasteiger charge is 2.33. The van der Waals surface area contributed by atoms with Crippen molar-refractivity contribution < 1.29 is 43.5 Å². The number of carbonyl (C=O) groups is 8. The fourth-order valence-corrected chi connectivity index (χ4v) is 9.50. The number of guanidine groups is 2. The number of benzene rings is 2. The largest absolute Gasteiger partial charge is 0.508 e. The lowest BCUT2D eigenvalue weighted by atomic mass is 10.0. The van der Waals surface area contributed by atoms with E-state index in [0.717, 1.165) is 5.56 Å². The molecule has 0 bridgehead atoms. The van der Waals surface area contributed by atoms with Crippen LogP contribution in [0.2, 0.25) is 0 Å². The molecule has 8 amide bonds. The lowest BCUT2D eigenvalue weighted by molar-refractivity contribution is -0.135. The number of rotatable bonds is 20. The monoisotopic (exact) mass is 1030 g/mol. The number of hydrogen-bond acceptors (Lipinski definition) is 14. The molecule has 0 radical (unpaired) electrons. The third-order valence-electron chi connectivity index (χ3n) is 10.8. The van der Waals surface area contributed by atoms with Crippen LogP contribution in [0.5, 0.6) is 5.75 Å². The fraction of sp³-hybridized carbons (Fsp3) is 0.511. The molecule has 3 rings (SSSR count). The van der Waals surface area contributed by atoms with E-state index < -0.39 is 94.8 Å². The van der Waals surface area contributed by atoms with Crippen LogP contribution >= 0.6 is 21.6 Å². The second-order valence-corrected chi connectivity index (χ2v) is 20.4. The van der Waals surface area contributed by atoms with Crippen molar-refractivity contribution >= 4 is 80.8 Å². The summed E-state index contributed by atoms with van der Waals surface area (Å²) < 4.78 is -0.648. The molecule has 71 heavy (non-hydrogen) atoms. The number of carbonyl (C=O) groups excluding carboxylic acids is 8. The minimum Gasteiger partial charge on any atom is -0.508 e. The first-order valence-corrected chi connectivity index (χ1v) is 25.3. The Morgan fingerprint density at radius 3 is 2.06 bits per heavy atom. The lowest BCUT2D eigenvalue weighted by Gasteiger charge is -2.27. The van der Waals surface area contributed by atoms with E-state index in [0.29, 0.717) is 5.56 Å². The molecule has 6 atom stereocenters. The Balaban J connectivity index is 1.91. The summed E-state index contributed by atoms with van der Waals surface area (Å²) >= 11 is 0. The van der Waals surface area contributed by atoms with Crippen molar-refractivity contribution in [2.24, 2.45) is 22.9 Å².